The van der Waals surface area contributed by atoms with E-state index in [2.05, 4.69) is 35.1 Å². The van der Waals surface area contributed by atoms with Crippen molar-refractivity contribution >= 4 is 28.5 Å². The smallest absolute Gasteiger partial charge is 0.353 e. The summed E-state index contributed by atoms with van der Waals surface area (Å²) >= 11 is 0. The Bertz CT molecular complexity index is 1570. The van der Waals surface area contributed by atoms with Gasteiger partial charge in [0.15, 0.2) is 0 Å². The number of aryl methyl sites for hydroxylation is 1. The van der Waals surface area contributed by atoms with Crippen LogP contribution in [0.5, 0.6) is 5.75 Å². The van der Waals surface area contributed by atoms with Crippen molar-refractivity contribution in [2.24, 2.45) is 0 Å². The maximum Gasteiger partial charge on any atom is 0.353 e. The fourth-order valence-electron chi connectivity index (χ4n) is 5.85. The number of fused-ring (bicyclic) bond motifs is 4. The highest BCUT2D eigenvalue weighted by atomic mass is 19.1. The highest BCUT2D eigenvalue weighted by molar-refractivity contribution is 6.10. The van der Waals surface area contributed by atoms with Gasteiger partial charge in [-0.2, -0.15) is 5.10 Å². The highest BCUT2D eigenvalue weighted by Crippen LogP contribution is 2.46. The number of aromatic carboxylic acids is 1. The summed E-state index contributed by atoms with van der Waals surface area (Å²) in [5, 5.41) is 21.4. The van der Waals surface area contributed by atoms with Crippen molar-refractivity contribution in [3.05, 3.63) is 82.1 Å². The molecule has 0 saturated heterocycles. The van der Waals surface area contributed by atoms with Gasteiger partial charge in [0.1, 0.15) is 17.1 Å². The first kappa shape index (κ1) is 23.3. The van der Waals surface area contributed by atoms with Gasteiger partial charge in [0, 0.05) is 59.2 Å². The molecule has 1 aliphatic carbocycles. The fraction of sp³-hybridized carbons (Fsp3) is 0.310. The molecule has 1 unspecified atom stereocenters. The number of halogens is 1. The number of ether oxygens (including phenoxy) is 1. The average Bonchev–Trinajstić information content (AvgIpc) is 3.57. The number of dihydropyridines is 1. The zero-order valence-corrected chi connectivity index (χ0v) is 20.9. The van der Waals surface area contributed by atoms with Crippen LogP contribution in [-0.2, 0) is 25.8 Å². The first-order valence-electron chi connectivity index (χ1n) is 12.6. The molecule has 3 aromatic rings. The van der Waals surface area contributed by atoms with E-state index in [9.17, 15) is 9.90 Å². The van der Waals surface area contributed by atoms with E-state index in [4.69, 9.17) is 4.74 Å². The number of allylic oxidation sites excluding steroid dienone is 4. The van der Waals surface area contributed by atoms with Crippen LogP contribution < -0.4 is 10.1 Å². The summed E-state index contributed by atoms with van der Waals surface area (Å²) in [6.45, 7) is 8.43. The van der Waals surface area contributed by atoms with Crippen LogP contribution in [0.4, 0.5) is 4.39 Å². The molecule has 3 N–H and O–H groups in total. The van der Waals surface area contributed by atoms with Gasteiger partial charge in [-0.3, -0.25) is 5.10 Å². The van der Waals surface area contributed by atoms with E-state index in [1.807, 2.05) is 12.2 Å². The van der Waals surface area contributed by atoms with Crippen LogP contribution in [-0.4, -0.2) is 38.1 Å². The predicted octanol–water partition coefficient (Wildman–Crippen LogP) is 5.33. The lowest BCUT2D eigenvalue weighted by atomic mass is 9.85. The molecule has 0 fully saturated rings. The number of carbonyl (C=O) groups is 1. The van der Waals surface area contributed by atoms with Gasteiger partial charge in [0.25, 0.3) is 0 Å². The molecule has 0 saturated carbocycles. The number of benzene rings is 1. The molecular formula is C29H29FN4O3. The van der Waals surface area contributed by atoms with Gasteiger partial charge < -0.3 is 19.7 Å². The summed E-state index contributed by atoms with van der Waals surface area (Å²) < 4.78 is 23.9. The van der Waals surface area contributed by atoms with Crippen molar-refractivity contribution in [2.75, 3.05) is 6.61 Å². The number of hydrogen-bond acceptors (Lipinski definition) is 4. The molecule has 0 radical (unpaired) electrons. The van der Waals surface area contributed by atoms with Crippen LogP contribution >= 0.6 is 0 Å². The Balaban J connectivity index is 1.67. The average molecular weight is 501 g/mol. The summed E-state index contributed by atoms with van der Waals surface area (Å²) in [7, 11) is 0. The summed E-state index contributed by atoms with van der Waals surface area (Å²) in [6.07, 6.45) is 11.7. The second-order valence-electron chi connectivity index (χ2n) is 10.1. The quantitative estimate of drug-likeness (QED) is 0.425. The van der Waals surface area contributed by atoms with E-state index in [1.165, 1.54) is 0 Å². The summed E-state index contributed by atoms with van der Waals surface area (Å²) in [6, 6.07) is 2.08. The van der Waals surface area contributed by atoms with Gasteiger partial charge in [-0.25, -0.2) is 9.18 Å². The van der Waals surface area contributed by atoms with Crippen molar-refractivity contribution in [1.29, 1.82) is 0 Å². The topological polar surface area (TPSA) is 92.2 Å². The molecule has 37 heavy (non-hydrogen) atoms. The number of alkyl halides is 1. The largest absolute Gasteiger partial charge is 0.492 e. The first-order chi connectivity index (χ1) is 17.8. The second-order valence-corrected chi connectivity index (χ2v) is 10.1. The maximum absolute atomic E-state index is 16.0. The molecule has 2 aromatic heterocycles. The Morgan fingerprint density at radius 1 is 1.41 bits per heavy atom. The van der Waals surface area contributed by atoms with Crippen LogP contribution in [0, 0.1) is 0 Å². The minimum atomic E-state index is -1.66. The van der Waals surface area contributed by atoms with Gasteiger partial charge >= 0.3 is 5.97 Å². The van der Waals surface area contributed by atoms with Crippen LogP contribution in [0.15, 0.2) is 48.5 Å². The van der Waals surface area contributed by atoms with Crippen molar-refractivity contribution < 1.29 is 19.0 Å². The normalized spacial score (nSPS) is 20.2. The first-order valence-corrected chi connectivity index (χ1v) is 12.6. The Morgan fingerprint density at radius 3 is 3.00 bits per heavy atom. The molecule has 0 bridgehead atoms. The van der Waals surface area contributed by atoms with E-state index >= 15 is 4.39 Å². The highest BCUT2D eigenvalue weighted by Gasteiger charge is 2.37. The SMILES string of the molecule is C=C1NC=CC=C1c1c(C(=O)O)n(CC2=Cc3cn[nH]c3CC2(C)F)c2cc(CCC)c3c(c12)OCC3. The van der Waals surface area contributed by atoms with E-state index < -0.39 is 11.6 Å². The molecule has 8 heteroatoms. The molecule has 7 nitrogen and oxygen atoms in total. The summed E-state index contributed by atoms with van der Waals surface area (Å²) in [4.78, 5) is 12.9. The monoisotopic (exact) mass is 500 g/mol. The zero-order chi connectivity index (χ0) is 25.9. The number of aromatic amines is 1. The van der Waals surface area contributed by atoms with Crippen LogP contribution in [0.2, 0.25) is 0 Å². The van der Waals surface area contributed by atoms with E-state index in [-0.39, 0.29) is 18.7 Å². The number of carboxylic acids is 1. The molecule has 4 heterocycles. The van der Waals surface area contributed by atoms with Gasteiger partial charge in [0.05, 0.1) is 23.7 Å². The van der Waals surface area contributed by atoms with E-state index in [1.54, 1.807) is 30.0 Å². The minimum Gasteiger partial charge on any atom is -0.492 e. The van der Waals surface area contributed by atoms with Crippen LogP contribution in [0.1, 0.15) is 58.7 Å². The van der Waals surface area contributed by atoms with Gasteiger partial charge in [-0.1, -0.05) is 26.0 Å². The predicted molar refractivity (Wildman–Crippen MR) is 141 cm³/mol. The lowest BCUT2D eigenvalue weighted by Crippen LogP contribution is -2.30. The van der Waals surface area contributed by atoms with Crippen molar-refractivity contribution in [3.63, 3.8) is 0 Å². The number of rotatable bonds is 6. The fourth-order valence-corrected chi connectivity index (χ4v) is 5.85. The van der Waals surface area contributed by atoms with Gasteiger partial charge in [-0.15, -0.1) is 0 Å². The number of aromatic nitrogens is 3. The Kier molecular flexibility index (Phi) is 5.36. The van der Waals surface area contributed by atoms with Gasteiger partial charge in [0.2, 0.25) is 0 Å². The van der Waals surface area contributed by atoms with Crippen LogP contribution in [0.25, 0.3) is 22.6 Å². The third-order valence-electron chi connectivity index (χ3n) is 7.62. The third kappa shape index (κ3) is 3.62. The van der Waals surface area contributed by atoms with E-state index in [0.717, 1.165) is 58.3 Å². The summed E-state index contributed by atoms with van der Waals surface area (Å²) in [5.74, 6) is -0.350. The zero-order valence-electron chi connectivity index (χ0n) is 20.9. The molecule has 1 atom stereocenters. The van der Waals surface area contributed by atoms with Gasteiger partial charge in [-0.05, 0) is 42.7 Å². The second kappa shape index (κ2) is 8.50. The Morgan fingerprint density at radius 2 is 2.24 bits per heavy atom. The van der Waals surface area contributed by atoms with Crippen molar-refractivity contribution in [1.82, 2.24) is 20.1 Å². The maximum atomic E-state index is 16.0. The molecule has 3 aliphatic rings. The van der Waals surface area contributed by atoms with Crippen molar-refractivity contribution in [2.45, 2.75) is 51.7 Å². The number of H-pyrrole nitrogens is 1. The minimum absolute atomic E-state index is 0.0864. The van der Waals surface area contributed by atoms with Crippen molar-refractivity contribution in [3.8, 4) is 5.75 Å². The molecule has 1 aromatic carbocycles. The number of hydrogen-bond donors (Lipinski definition) is 3. The summed E-state index contributed by atoms with van der Waals surface area (Å²) in [5.41, 5.74) is 5.34. The molecule has 0 spiro atoms. The molecule has 190 valence electrons. The third-order valence-corrected chi connectivity index (χ3v) is 7.62. The number of nitrogens with zero attached hydrogens (tertiary/aromatic N) is 2. The lowest BCUT2D eigenvalue weighted by Gasteiger charge is -2.28. The standard InChI is InChI=1S/C29H29FN4O3/c1-4-6-17-12-23-25(27-21(17)8-10-37-27)24(20-7-5-9-31-16(20)2)26(28(35)36)34(23)15-19-11-18-14-32-33-22(18)13-29(19,3)30/h5,7,9,11-12,14,31H,2,4,6,8,10,13,15H2,1,3H3,(H,32,33)(H,35,36). The van der Waals surface area contributed by atoms with Crippen LogP contribution in [0.3, 0.4) is 0 Å². The number of nitrogens with one attached hydrogen (secondary N) is 2. The molecular weight excluding hydrogens is 471 g/mol. The lowest BCUT2D eigenvalue weighted by molar-refractivity contribution is 0.0685. The Labute approximate surface area is 214 Å². The molecule has 2 aliphatic heterocycles. The molecule has 0 amide bonds. The molecule has 6 rings (SSSR count). The van der Waals surface area contributed by atoms with E-state index in [0.29, 0.717) is 29.0 Å². The Hall–Kier alpha value is -4.07. The number of carboxylic acid groups (broad SMARTS) is 1.